The molecule has 0 saturated heterocycles. The van der Waals surface area contributed by atoms with Crippen molar-refractivity contribution in [2.45, 2.75) is 65.8 Å². The van der Waals surface area contributed by atoms with Crippen molar-refractivity contribution in [2.75, 3.05) is 16.8 Å². The van der Waals surface area contributed by atoms with Crippen LogP contribution in [0.5, 0.6) is 0 Å². The quantitative estimate of drug-likeness (QED) is 0.392. The van der Waals surface area contributed by atoms with E-state index in [1.54, 1.807) is 13.8 Å². The molecule has 1 aliphatic rings. The molecule has 4 nitrogen and oxygen atoms in total. The number of allylic oxidation sites excluding steroid dienone is 1. The molecular weight excluding hydrogens is 449 g/mol. The number of halogens is 3. The van der Waals surface area contributed by atoms with Crippen molar-refractivity contribution >= 4 is 22.4 Å². The van der Waals surface area contributed by atoms with Gasteiger partial charge in [0.15, 0.2) is 0 Å². The fraction of sp³-hybridized carbons (Fsp3) is 0.429. The van der Waals surface area contributed by atoms with Gasteiger partial charge in [-0.15, -0.1) is 0 Å². The third-order valence-corrected chi connectivity index (χ3v) is 7.19. The summed E-state index contributed by atoms with van der Waals surface area (Å²) in [6.07, 6.45) is 0. The lowest BCUT2D eigenvalue weighted by Crippen LogP contribution is -2.24. The zero-order valence-electron chi connectivity index (χ0n) is 21.4. The maximum absolute atomic E-state index is 15.3. The van der Waals surface area contributed by atoms with Crippen LogP contribution in [0.25, 0.3) is 10.9 Å². The maximum Gasteiger partial charge on any atom is 0.278 e. The van der Waals surface area contributed by atoms with Crippen LogP contribution in [0.4, 0.5) is 24.7 Å². The Balaban J connectivity index is 1.80. The van der Waals surface area contributed by atoms with E-state index < -0.39 is 29.3 Å². The van der Waals surface area contributed by atoms with Crippen LogP contribution in [-0.2, 0) is 11.3 Å². The summed E-state index contributed by atoms with van der Waals surface area (Å²) in [5.41, 5.74) is 3.28. The molecule has 2 aromatic carbocycles. The third-order valence-electron chi connectivity index (χ3n) is 7.19. The van der Waals surface area contributed by atoms with E-state index in [1.165, 1.54) is 26.0 Å². The summed E-state index contributed by atoms with van der Waals surface area (Å²) >= 11 is 0. The van der Waals surface area contributed by atoms with Crippen LogP contribution in [-0.4, -0.2) is 16.5 Å². The number of nitrogens with zero attached hydrogens (tertiary/aromatic N) is 3. The highest BCUT2D eigenvalue weighted by atomic mass is 19.3. The van der Waals surface area contributed by atoms with Gasteiger partial charge in [0.1, 0.15) is 17.5 Å². The highest BCUT2D eigenvalue weighted by Crippen LogP contribution is 2.48. The molecular formula is C28H33F3N4. The first-order valence-corrected chi connectivity index (χ1v) is 12.0. The Labute approximate surface area is 205 Å². The Morgan fingerprint density at radius 1 is 1.14 bits per heavy atom. The van der Waals surface area contributed by atoms with Crippen molar-refractivity contribution in [1.29, 1.82) is 0 Å². The van der Waals surface area contributed by atoms with Gasteiger partial charge in [0.25, 0.3) is 5.92 Å². The first-order valence-electron chi connectivity index (χ1n) is 12.0. The van der Waals surface area contributed by atoms with Crippen LogP contribution in [0, 0.1) is 18.7 Å². The Kier molecular flexibility index (Phi) is 6.10. The lowest BCUT2D eigenvalue weighted by molar-refractivity contribution is -0.0545. The maximum atomic E-state index is 15.3. The molecule has 2 heterocycles. The van der Waals surface area contributed by atoms with E-state index in [0.717, 1.165) is 40.5 Å². The summed E-state index contributed by atoms with van der Waals surface area (Å²) in [4.78, 5) is 11.4. The number of hydrogen-bond acceptors (Lipinski definition) is 4. The number of nitrogens with one attached hydrogen (secondary N) is 1. The van der Waals surface area contributed by atoms with E-state index in [-0.39, 0.29) is 11.0 Å². The first-order chi connectivity index (χ1) is 16.3. The molecule has 0 radical (unpaired) electrons. The molecule has 0 unspecified atom stereocenters. The number of hydrogen-bond donors (Lipinski definition) is 1. The number of rotatable bonds is 6. The molecule has 0 saturated carbocycles. The Hall–Kier alpha value is -3.09. The molecule has 0 bridgehead atoms. The smallest absolute Gasteiger partial charge is 0.278 e. The molecule has 186 valence electrons. The van der Waals surface area contributed by atoms with Crippen LogP contribution >= 0.6 is 0 Å². The summed E-state index contributed by atoms with van der Waals surface area (Å²) in [6.45, 7) is 17.8. The molecule has 0 fully saturated rings. The molecule has 3 aromatic rings. The lowest BCUT2D eigenvalue weighted by Gasteiger charge is -2.24. The second-order valence-corrected chi connectivity index (χ2v) is 10.2. The summed E-state index contributed by atoms with van der Waals surface area (Å²) in [6, 6.07) is 7.69. The van der Waals surface area contributed by atoms with E-state index in [0.29, 0.717) is 11.6 Å². The fourth-order valence-electron chi connectivity index (χ4n) is 4.85. The van der Waals surface area contributed by atoms with Crippen molar-refractivity contribution in [2.24, 2.45) is 5.92 Å². The average Bonchev–Trinajstić information content (AvgIpc) is 2.96. The second kappa shape index (κ2) is 8.54. The average molecular weight is 483 g/mol. The summed E-state index contributed by atoms with van der Waals surface area (Å²) in [5, 5.41) is 4.07. The molecule has 1 aliphatic heterocycles. The van der Waals surface area contributed by atoms with Crippen LogP contribution in [0.3, 0.4) is 0 Å². The Morgan fingerprint density at radius 3 is 2.46 bits per heavy atom. The van der Waals surface area contributed by atoms with Gasteiger partial charge in [-0.3, -0.25) is 0 Å². The van der Waals surface area contributed by atoms with Crippen LogP contribution in [0.15, 0.2) is 42.6 Å². The van der Waals surface area contributed by atoms with Gasteiger partial charge in [-0.1, -0.05) is 52.5 Å². The number of likely N-dealkylation sites (N-methyl/N-ethyl adjacent to an activating group) is 1. The predicted molar refractivity (Wildman–Crippen MR) is 137 cm³/mol. The molecule has 1 N–H and O–H groups in total. The van der Waals surface area contributed by atoms with Crippen LogP contribution in [0.1, 0.15) is 70.1 Å². The molecule has 1 aromatic heterocycles. The van der Waals surface area contributed by atoms with Gasteiger partial charge >= 0.3 is 0 Å². The number of aryl methyl sites for hydroxylation is 1. The largest absolute Gasteiger partial charge is 0.363 e. The Bertz CT molecular complexity index is 1310. The van der Waals surface area contributed by atoms with Crippen LogP contribution in [0.2, 0.25) is 0 Å². The van der Waals surface area contributed by atoms with E-state index in [1.807, 2.05) is 6.07 Å². The fourth-order valence-corrected chi connectivity index (χ4v) is 4.85. The highest BCUT2D eigenvalue weighted by molar-refractivity contribution is 5.94. The van der Waals surface area contributed by atoms with Gasteiger partial charge in [-0.2, -0.15) is 0 Å². The Morgan fingerprint density at radius 2 is 1.83 bits per heavy atom. The van der Waals surface area contributed by atoms with Gasteiger partial charge in [-0.25, -0.2) is 23.1 Å². The zero-order chi connectivity index (χ0) is 25.9. The highest BCUT2D eigenvalue weighted by Gasteiger charge is 2.40. The molecule has 0 spiro atoms. The minimum Gasteiger partial charge on any atom is -0.363 e. The predicted octanol–water partition coefficient (Wildman–Crippen LogP) is 7.63. The summed E-state index contributed by atoms with van der Waals surface area (Å²) in [5.74, 6) is -4.07. The van der Waals surface area contributed by atoms with Crippen molar-refractivity contribution in [3.63, 3.8) is 0 Å². The minimum absolute atomic E-state index is 0.166. The number of benzene rings is 2. The molecule has 4 rings (SSSR count). The monoisotopic (exact) mass is 482 g/mol. The van der Waals surface area contributed by atoms with Gasteiger partial charge < -0.3 is 10.2 Å². The van der Waals surface area contributed by atoms with Crippen molar-refractivity contribution in [3.8, 4) is 0 Å². The van der Waals surface area contributed by atoms with Gasteiger partial charge in [-0.05, 0) is 38.5 Å². The number of aromatic nitrogens is 2. The van der Waals surface area contributed by atoms with E-state index >= 15 is 4.39 Å². The lowest BCUT2D eigenvalue weighted by atomic mass is 9.84. The molecule has 35 heavy (non-hydrogen) atoms. The number of fused-ring (bicyclic) bond motifs is 2. The minimum atomic E-state index is -3.27. The molecule has 0 amide bonds. The molecule has 7 heteroatoms. The third kappa shape index (κ3) is 3.95. The van der Waals surface area contributed by atoms with Crippen molar-refractivity contribution < 1.29 is 13.2 Å². The number of anilines is 2. The SMILES string of the molecule is C=C1N(CC)c2cc3nc(C)nc(N[C@H](C)c4cccc(C(F)(F)C(C)C)c4F)c3cc2C1(C)C. The first kappa shape index (κ1) is 25.0. The molecule has 1 atom stereocenters. The van der Waals surface area contributed by atoms with Crippen molar-refractivity contribution in [1.82, 2.24) is 9.97 Å². The normalized spacial score (nSPS) is 16.2. The summed E-state index contributed by atoms with van der Waals surface area (Å²) < 4.78 is 44.7. The van der Waals surface area contributed by atoms with Gasteiger partial charge in [0, 0.05) is 40.2 Å². The van der Waals surface area contributed by atoms with Crippen molar-refractivity contribution in [3.05, 3.63) is 70.9 Å². The van der Waals surface area contributed by atoms with E-state index in [2.05, 4.69) is 53.6 Å². The zero-order valence-corrected chi connectivity index (χ0v) is 21.4. The van der Waals surface area contributed by atoms with Gasteiger partial charge in [0.2, 0.25) is 0 Å². The van der Waals surface area contributed by atoms with E-state index in [4.69, 9.17) is 0 Å². The van der Waals surface area contributed by atoms with Gasteiger partial charge in [0.05, 0.1) is 17.1 Å². The standard InChI is InChI=1S/C28H33F3N4/c1-9-35-17(5)27(7,8)22-13-20-23(14-24(22)35)33-18(6)34-26(20)32-16(4)19-11-10-12-21(25(19)29)28(30,31)15(2)3/h10-16H,5,9H2,1-4,6-8H3,(H,32,33,34)/t16-/m1/s1. The topological polar surface area (TPSA) is 41.1 Å². The molecule has 0 aliphatic carbocycles. The van der Waals surface area contributed by atoms with E-state index in [9.17, 15) is 8.78 Å². The second-order valence-electron chi connectivity index (χ2n) is 10.2. The van der Waals surface area contributed by atoms with Crippen LogP contribution < -0.4 is 10.2 Å². The number of alkyl halides is 2. The summed E-state index contributed by atoms with van der Waals surface area (Å²) in [7, 11) is 0.